The monoisotopic (exact) mass is 265 g/mol. The highest BCUT2D eigenvalue weighted by molar-refractivity contribution is 5.96. The summed E-state index contributed by atoms with van der Waals surface area (Å²) in [6.45, 7) is 7.16. The Morgan fingerprint density at radius 3 is 2.47 bits per heavy atom. The van der Waals surface area contributed by atoms with Gasteiger partial charge in [-0.15, -0.1) is 0 Å². The molecule has 19 heavy (non-hydrogen) atoms. The minimum absolute atomic E-state index is 0.0692. The van der Waals surface area contributed by atoms with E-state index in [1.165, 1.54) is 6.07 Å². The average molecular weight is 265 g/mol. The molecule has 0 aliphatic rings. The first kappa shape index (κ1) is 15.2. The Kier molecular flexibility index (Phi) is 4.67. The fourth-order valence-electron chi connectivity index (χ4n) is 1.47. The van der Waals surface area contributed by atoms with Gasteiger partial charge in [-0.2, -0.15) is 0 Å². The number of hydrogen-bond acceptors (Lipinski definition) is 3. The van der Waals surface area contributed by atoms with Gasteiger partial charge < -0.3 is 15.2 Å². The van der Waals surface area contributed by atoms with Gasteiger partial charge in [0.1, 0.15) is 6.61 Å². The van der Waals surface area contributed by atoms with E-state index in [1.807, 2.05) is 20.8 Å². The van der Waals surface area contributed by atoms with Crippen LogP contribution in [0.25, 0.3) is 0 Å². The molecule has 5 heteroatoms. The molecule has 0 spiro atoms. The van der Waals surface area contributed by atoms with Crippen LogP contribution in [-0.2, 0) is 9.53 Å². The van der Waals surface area contributed by atoms with Gasteiger partial charge in [0.2, 0.25) is 5.91 Å². The lowest BCUT2D eigenvalue weighted by Gasteiger charge is -2.19. The Morgan fingerprint density at radius 1 is 1.32 bits per heavy atom. The van der Waals surface area contributed by atoms with Crippen molar-refractivity contribution in [1.82, 2.24) is 0 Å². The molecule has 0 saturated carbocycles. The molecular formula is C14H19NO4. The zero-order valence-corrected chi connectivity index (χ0v) is 11.6. The second-order valence-corrected chi connectivity index (χ2v) is 5.23. The van der Waals surface area contributed by atoms with Crippen molar-refractivity contribution in [3.8, 4) is 0 Å². The number of carbonyl (C=O) groups is 2. The third-order valence-electron chi connectivity index (χ3n) is 2.47. The average Bonchev–Trinajstić information content (AvgIpc) is 2.28. The Labute approximate surface area is 112 Å². The maximum absolute atomic E-state index is 11.7. The lowest BCUT2D eigenvalue weighted by Crippen LogP contribution is -2.27. The predicted octanol–water partition coefficient (Wildman–Crippen LogP) is 2.45. The Morgan fingerprint density at radius 2 is 1.95 bits per heavy atom. The summed E-state index contributed by atoms with van der Waals surface area (Å²) in [5.41, 5.74) is 0.797. The highest BCUT2D eigenvalue weighted by Gasteiger charge is 2.15. The highest BCUT2D eigenvalue weighted by atomic mass is 16.5. The maximum atomic E-state index is 11.7. The molecule has 0 radical (unpaired) electrons. The summed E-state index contributed by atoms with van der Waals surface area (Å²) in [4.78, 5) is 22.7. The van der Waals surface area contributed by atoms with Gasteiger partial charge in [0.05, 0.1) is 11.2 Å². The van der Waals surface area contributed by atoms with E-state index in [1.54, 1.807) is 19.1 Å². The van der Waals surface area contributed by atoms with Gasteiger partial charge in [0.25, 0.3) is 0 Å². The topological polar surface area (TPSA) is 75.6 Å². The molecular weight excluding hydrogens is 246 g/mol. The van der Waals surface area contributed by atoms with Gasteiger partial charge in [-0.3, -0.25) is 4.79 Å². The number of anilines is 1. The van der Waals surface area contributed by atoms with Gasteiger partial charge in [0, 0.05) is 5.69 Å². The molecule has 0 fully saturated rings. The van der Waals surface area contributed by atoms with Crippen LogP contribution >= 0.6 is 0 Å². The van der Waals surface area contributed by atoms with Crippen molar-refractivity contribution in [1.29, 1.82) is 0 Å². The third kappa shape index (κ3) is 4.71. The number of benzene rings is 1. The summed E-state index contributed by atoms with van der Waals surface area (Å²) in [5.74, 6) is -1.32. The fraction of sp³-hybridized carbons (Fsp3) is 0.429. The molecule has 0 aromatic heterocycles. The van der Waals surface area contributed by atoms with Crippen LogP contribution < -0.4 is 5.32 Å². The molecule has 1 rings (SSSR count). The summed E-state index contributed by atoms with van der Waals surface area (Å²) in [7, 11) is 0. The molecule has 5 nitrogen and oxygen atoms in total. The number of ether oxygens (including phenoxy) is 1. The van der Waals surface area contributed by atoms with E-state index in [2.05, 4.69) is 5.32 Å². The van der Waals surface area contributed by atoms with E-state index < -0.39 is 11.6 Å². The first-order chi connectivity index (χ1) is 8.70. The molecule has 0 atom stereocenters. The quantitative estimate of drug-likeness (QED) is 0.876. The molecule has 0 heterocycles. The van der Waals surface area contributed by atoms with Crippen LogP contribution in [0.2, 0.25) is 0 Å². The Hall–Kier alpha value is -1.88. The van der Waals surface area contributed by atoms with Crippen molar-refractivity contribution in [3.05, 3.63) is 29.3 Å². The molecule has 1 aromatic rings. The van der Waals surface area contributed by atoms with Crippen molar-refractivity contribution in [3.63, 3.8) is 0 Å². The fourth-order valence-corrected chi connectivity index (χ4v) is 1.47. The Balaban J connectivity index is 2.75. The normalized spacial score (nSPS) is 11.2. The zero-order valence-electron chi connectivity index (χ0n) is 11.6. The van der Waals surface area contributed by atoms with E-state index in [4.69, 9.17) is 9.84 Å². The van der Waals surface area contributed by atoms with Crippen LogP contribution in [0.3, 0.4) is 0 Å². The lowest BCUT2D eigenvalue weighted by atomic mass is 10.1. The van der Waals surface area contributed by atoms with E-state index in [-0.39, 0.29) is 18.1 Å². The zero-order chi connectivity index (χ0) is 14.6. The van der Waals surface area contributed by atoms with Gasteiger partial charge in [-0.05, 0) is 45.4 Å². The van der Waals surface area contributed by atoms with Gasteiger partial charge in [0.15, 0.2) is 0 Å². The molecule has 0 saturated heterocycles. The number of rotatable bonds is 4. The summed E-state index contributed by atoms with van der Waals surface area (Å²) >= 11 is 0. The number of carboxylic acid groups (broad SMARTS) is 1. The molecule has 0 aliphatic heterocycles. The van der Waals surface area contributed by atoms with E-state index in [0.29, 0.717) is 11.3 Å². The summed E-state index contributed by atoms with van der Waals surface area (Å²) < 4.78 is 5.35. The third-order valence-corrected chi connectivity index (χ3v) is 2.47. The smallest absolute Gasteiger partial charge is 0.336 e. The van der Waals surface area contributed by atoms with Crippen molar-refractivity contribution in [2.75, 3.05) is 11.9 Å². The SMILES string of the molecule is Cc1c(NC(=O)COC(C)(C)C)cccc1C(=O)O. The van der Waals surface area contributed by atoms with E-state index in [0.717, 1.165) is 0 Å². The number of carbonyl (C=O) groups excluding carboxylic acids is 1. The number of aromatic carboxylic acids is 1. The van der Waals surface area contributed by atoms with Crippen molar-refractivity contribution in [2.45, 2.75) is 33.3 Å². The number of hydrogen-bond donors (Lipinski definition) is 2. The van der Waals surface area contributed by atoms with Crippen molar-refractivity contribution < 1.29 is 19.4 Å². The van der Waals surface area contributed by atoms with Crippen LogP contribution in [0, 0.1) is 6.92 Å². The summed E-state index contributed by atoms with van der Waals surface area (Å²) in [6.07, 6.45) is 0. The number of carboxylic acids is 1. The van der Waals surface area contributed by atoms with Gasteiger partial charge >= 0.3 is 5.97 Å². The predicted molar refractivity (Wildman–Crippen MR) is 72.5 cm³/mol. The van der Waals surface area contributed by atoms with E-state index in [9.17, 15) is 9.59 Å². The minimum atomic E-state index is -1.01. The van der Waals surface area contributed by atoms with Gasteiger partial charge in [-0.1, -0.05) is 6.07 Å². The Bertz CT molecular complexity index is 489. The molecule has 0 bridgehead atoms. The second kappa shape index (κ2) is 5.84. The highest BCUT2D eigenvalue weighted by Crippen LogP contribution is 2.19. The van der Waals surface area contributed by atoms with Crippen molar-refractivity contribution in [2.24, 2.45) is 0 Å². The maximum Gasteiger partial charge on any atom is 0.336 e. The second-order valence-electron chi connectivity index (χ2n) is 5.23. The molecule has 0 aliphatic carbocycles. The molecule has 104 valence electrons. The largest absolute Gasteiger partial charge is 0.478 e. The molecule has 2 N–H and O–H groups in total. The van der Waals surface area contributed by atoms with Crippen LogP contribution in [0.5, 0.6) is 0 Å². The van der Waals surface area contributed by atoms with E-state index >= 15 is 0 Å². The molecule has 1 amide bonds. The molecule has 1 aromatic carbocycles. The van der Waals surface area contributed by atoms with Crippen LogP contribution in [0.4, 0.5) is 5.69 Å². The van der Waals surface area contributed by atoms with Gasteiger partial charge in [-0.25, -0.2) is 4.79 Å². The number of amides is 1. The lowest BCUT2D eigenvalue weighted by molar-refractivity contribution is -0.125. The summed E-state index contributed by atoms with van der Waals surface area (Å²) in [5, 5.41) is 11.6. The summed E-state index contributed by atoms with van der Waals surface area (Å²) in [6, 6.07) is 4.76. The first-order valence-electron chi connectivity index (χ1n) is 5.97. The van der Waals surface area contributed by atoms with Crippen LogP contribution in [0.1, 0.15) is 36.7 Å². The molecule has 0 unspecified atom stereocenters. The standard InChI is InChI=1S/C14H19NO4/c1-9-10(13(17)18)6-5-7-11(9)15-12(16)8-19-14(2,3)4/h5-7H,8H2,1-4H3,(H,15,16)(H,17,18). The number of nitrogens with one attached hydrogen (secondary N) is 1. The van der Waals surface area contributed by atoms with Crippen LogP contribution in [-0.4, -0.2) is 29.2 Å². The minimum Gasteiger partial charge on any atom is -0.478 e. The van der Waals surface area contributed by atoms with Crippen molar-refractivity contribution >= 4 is 17.6 Å². The first-order valence-corrected chi connectivity index (χ1v) is 5.97. The van der Waals surface area contributed by atoms with Crippen LogP contribution in [0.15, 0.2) is 18.2 Å².